The van der Waals surface area contributed by atoms with Gasteiger partial charge in [0.2, 0.25) is 0 Å². The van der Waals surface area contributed by atoms with Gasteiger partial charge >= 0.3 is 11.9 Å². The van der Waals surface area contributed by atoms with Crippen molar-refractivity contribution in [1.82, 2.24) is 5.32 Å². The van der Waals surface area contributed by atoms with Crippen LogP contribution in [0.2, 0.25) is 0 Å². The Hall–Kier alpha value is -2.63. The predicted octanol–water partition coefficient (Wildman–Crippen LogP) is 2.97. The summed E-state index contributed by atoms with van der Waals surface area (Å²) in [5.74, 6) is -0.277. The third kappa shape index (κ3) is 6.24. The summed E-state index contributed by atoms with van der Waals surface area (Å²) in [6, 6.07) is 6.74. The van der Waals surface area contributed by atoms with Gasteiger partial charge < -0.3 is 14.8 Å². The van der Waals surface area contributed by atoms with Gasteiger partial charge in [-0.15, -0.1) is 0 Å². The van der Waals surface area contributed by atoms with Gasteiger partial charge in [0.1, 0.15) is 0 Å². The van der Waals surface area contributed by atoms with Crippen LogP contribution >= 0.6 is 0 Å². The van der Waals surface area contributed by atoms with E-state index in [1.54, 1.807) is 30.3 Å². The predicted molar refractivity (Wildman–Crippen MR) is 102 cm³/mol. The number of hydrogen-bond acceptors (Lipinski definition) is 5. The quantitative estimate of drug-likeness (QED) is 0.612. The lowest BCUT2D eigenvalue weighted by Crippen LogP contribution is -2.45. The van der Waals surface area contributed by atoms with Gasteiger partial charge in [0.25, 0.3) is 5.91 Å². The van der Waals surface area contributed by atoms with Crippen LogP contribution in [0.15, 0.2) is 30.3 Å². The summed E-state index contributed by atoms with van der Waals surface area (Å²) in [6.07, 6.45) is 6.08. The largest absolute Gasteiger partial charge is 0.465 e. The van der Waals surface area contributed by atoms with Gasteiger partial charge in [-0.2, -0.15) is 0 Å². The molecule has 1 amide bonds. The van der Waals surface area contributed by atoms with E-state index in [1.807, 2.05) is 0 Å². The second-order valence-corrected chi connectivity index (χ2v) is 7.00. The Balaban J connectivity index is 1.77. The molecule has 27 heavy (non-hydrogen) atoms. The fourth-order valence-corrected chi connectivity index (χ4v) is 3.23. The Morgan fingerprint density at radius 2 is 1.85 bits per heavy atom. The first kappa shape index (κ1) is 20.7. The van der Waals surface area contributed by atoms with Crippen LogP contribution in [0.25, 0.3) is 6.08 Å². The van der Waals surface area contributed by atoms with Crippen LogP contribution in [0.1, 0.15) is 49.0 Å². The molecule has 1 aromatic rings. The molecule has 1 N–H and O–H groups in total. The number of methoxy groups -OCH3 is 1. The molecule has 3 atom stereocenters. The van der Waals surface area contributed by atoms with Crippen LogP contribution in [-0.4, -0.2) is 37.6 Å². The number of benzene rings is 1. The molecule has 0 radical (unpaired) electrons. The zero-order valence-electron chi connectivity index (χ0n) is 16.1. The second-order valence-electron chi connectivity index (χ2n) is 7.00. The minimum absolute atomic E-state index is 0.142. The lowest BCUT2D eigenvalue weighted by atomic mass is 9.78. The first-order chi connectivity index (χ1) is 12.9. The molecule has 0 heterocycles. The van der Waals surface area contributed by atoms with E-state index in [2.05, 4.69) is 23.9 Å². The lowest BCUT2D eigenvalue weighted by molar-refractivity contribution is -0.144. The maximum Gasteiger partial charge on any atom is 0.337 e. The van der Waals surface area contributed by atoms with Crippen molar-refractivity contribution in [3.63, 3.8) is 0 Å². The molecule has 1 saturated carbocycles. The Morgan fingerprint density at radius 1 is 1.15 bits per heavy atom. The number of carbonyl (C=O) groups excluding carboxylic acids is 3. The number of carbonyl (C=O) groups is 3. The number of ether oxygens (including phenoxy) is 2. The number of hydrogen-bond donors (Lipinski definition) is 1. The van der Waals surface area contributed by atoms with Crippen LogP contribution in [-0.2, 0) is 19.1 Å². The molecule has 0 spiro atoms. The van der Waals surface area contributed by atoms with Crippen LogP contribution in [0.3, 0.4) is 0 Å². The summed E-state index contributed by atoms with van der Waals surface area (Å²) < 4.78 is 9.62. The van der Waals surface area contributed by atoms with E-state index in [9.17, 15) is 14.4 Å². The van der Waals surface area contributed by atoms with E-state index >= 15 is 0 Å². The van der Waals surface area contributed by atoms with Crippen molar-refractivity contribution in [3.8, 4) is 0 Å². The molecule has 0 saturated heterocycles. The fourth-order valence-electron chi connectivity index (χ4n) is 3.23. The average molecular weight is 373 g/mol. The molecular weight excluding hydrogens is 346 g/mol. The van der Waals surface area contributed by atoms with Crippen LogP contribution in [0, 0.1) is 11.8 Å². The first-order valence-electron chi connectivity index (χ1n) is 9.23. The average Bonchev–Trinajstić information content (AvgIpc) is 2.68. The molecule has 146 valence electrons. The highest BCUT2D eigenvalue weighted by atomic mass is 16.5. The van der Waals surface area contributed by atoms with Crippen molar-refractivity contribution >= 4 is 23.9 Å². The summed E-state index contributed by atoms with van der Waals surface area (Å²) in [6.45, 7) is 4.06. The molecule has 1 fully saturated rings. The third-order valence-electron chi connectivity index (χ3n) is 5.14. The second kappa shape index (κ2) is 9.90. The van der Waals surface area contributed by atoms with Crippen LogP contribution in [0.4, 0.5) is 0 Å². The standard InChI is InChI=1S/C21H27NO5/c1-14-5-4-6-18(15(14)2)22-19(23)13-27-20(24)12-9-16-7-10-17(11-8-16)21(25)26-3/h7-12,14-15,18H,4-6,13H2,1-3H3,(H,22,23)/b12-9+/t14-,15-,18+/m0/s1. The Bertz CT molecular complexity index is 695. The summed E-state index contributed by atoms with van der Waals surface area (Å²) in [5.41, 5.74) is 1.16. The maximum atomic E-state index is 12.0. The number of amides is 1. The van der Waals surface area contributed by atoms with Crippen LogP contribution < -0.4 is 5.32 Å². The first-order valence-corrected chi connectivity index (χ1v) is 9.23. The van der Waals surface area contributed by atoms with Gasteiger partial charge in [-0.05, 0) is 42.0 Å². The minimum Gasteiger partial charge on any atom is -0.465 e. The molecule has 1 aliphatic rings. The normalized spacial score (nSPS) is 22.3. The Morgan fingerprint density at radius 3 is 2.52 bits per heavy atom. The molecule has 6 nitrogen and oxygen atoms in total. The highest BCUT2D eigenvalue weighted by molar-refractivity contribution is 5.91. The number of esters is 2. The summed E-state index contributed by atoms with van der Waals surface area (Å²) in [4.78, 5) is 35.2. The summed E-state index contributed by atoms with van der Waals surface area (Å²) in [5, 5.41) is 2.97. The molecular formula is C21H27NO5. The molecule has 1 aromatic carbocycles. The van der Waals surface area contributed by atoms with Gasteiger partial charge in [-0.3, -0.25) is 4.79 Å². The molecule has 2 rings (SSSR count). The number of rotatable bonds is 6. The highest BCUT2D eigenvalue weighted by Gasteiger charge is 2.28. The molecule has 6 heteroatoms. The van der Waals surface area contributed by atoms with Gasteiger partial charge in [-0.1, -0.05) is 38.8 Å². The van der Waals surface area contributed by atoms with Crippen molar-refractivity contribution < 1.29 is 23.9 Å². The van der Waals surface area contributed by atoms with Gasteiger partial charge in [0.15, 0.2) is 6.61 Å². The molecule has 0 aliphatic heterocycles. The highest BCUT2D eigenvalue weighted by Crippen LogP contribution is 2.29. The zero-order valence-corrected chi connectivity index (χ0v) is 16.1. The maximum absolute atomic E-state index is 12.0. The van der Waals surface area contributed by atoms with E-state index in [-0.39, 0.29) is 18.6 Å². The molecule has 0 bridgehead atoms. The minimum atomic E-state index is -0.591. The lowest BCUT2D eigenvalue weighted by Gasteiger charge is -2.34. The third-order valence-corrected chi connectivity index (χ3v) is 5.14. The van der Waals surface area contributed by atoms with Crippen LogP contribution in [0.5, 0.6) is 0 Å². The number of nitrogens with one attached hydrogen (secondary N) is 1. The van der Waals surface area contributed by atoms with Gasteiger partial charge in [0.05, 0.1) is 12.7 Å². The van der Waals surface area contributed by atoms with Crippen molar-refractivity contribution in [1.29, 1.82) is 0 Å². The van der Waals surface area contributed by atoms with Crippen molar-refractivity contribution in [3.05, 3.63) is 41.5 Å². The topological polar surface area (TPSA) is 81.7 Å². The van der Waals surface area contributed by atoms with E-state index in [4.69, 9.17) is 4.74 Å². The smallest absolute Gasteiger partial charge is 0.337 e. The zero-order chi connectivity index (χ0) is 19.8. The van der Waals surface area contributed by atoms with E-state index in [0.29, 0.717) is 17.4 Å². The Labute approximate surface area is 159 Å². The molecule has 0 aromatic heterocycles. The fraction of sp³-hybridized carbons (Fsp3) is 0.476. The van der Waals surface area contributed by atoms with Crippen molar-refractivity contribution in [2.24, 2.45) is 11.8 Å². The molecule has 0 unspecified atom stereocenters. The summed E-state index contributed by atoms with van der Waals surface area (Å²) in [7, 11) is 1.32. The van der Waals surface area contributed by atoms with E-state index in [0.717, 1.165) is 18.4 Å². The van der Waals surface area contributed by atoms with Crippen molar-refractivity contribution in [2.75, 3.05) is 13.7 Å². The van der Waals surface area contributed by atoms with Gasteiger partial charge in [-0.25, -0.2) is 9.59 Å². The Kier molecular flexibility index (Phi) is 7.58. The SMILES string of the molecule is COC(=O)c1ccc(/C=C/C(=O)OCC(=O)N[C@@H]2CCC[C@H](C)[C@@H]2C)cc1. The van der Waals surface area contributed by atoms with Crippen molar-refractivity contribution in [2.45, 2.75) is 39.2 Å². The van der Waals surface area contributed by atoms with Gasteiger partial charge in [0, 0.05) is 12.1 Å². The monoisotopic (exact) mass is 373 g/mol. The van der Waals surface area contributed by atoms with E-state index in [1.165, 1.54) is 19.6 Å². The summed E-state index contributed by atoms with van der Waals surface area (Å²) >= 11 is 0. The molecule has 1 aliphatic carbocycles. The van der Waals surface area contributed by atoms with E-state index < -0.39 is 11.9 Å².